The minimum absolute atomic E-state index is 0.104. The number of aromatic nitrogens is 5. The summed E-state index contributed by atoms with van der Waals surface area (Å²) in [4.78, 5) is 13.0. The molecule has 1 unspecified atom stereocenters. The zero-order valence-corrected chi connectivity index (χ0v) is 12.5. The van der Waals surface area contributed by atoms with Crippen LogP contribution in [-0.2, 0) is 0 Å². The second-order valence-corrected chi connectivity index (χ2v) is 5.00. The number of hydrogen-bond donors (Lipinski definition) is 3. The molecule has 0 spiro atoms. The maximum atomic E-state index is 9.20. The molecule has 0 aliphatic rings. The highest BCUT2D eigenvalue weighted by atomic mass is 16.3. The Morgan fingerprint density at radius 3 is 2.62 bits per heavy atom. The normalized spacial score (nSPS) is 13.7. The monoisotopic (exact) mass is 291 g/mol. The summed E-state index contributed by atoms with van der Waals surface area (Å²) in [6, 6.07) is 1.80. The van der Waals surface area contributed by atoms with Crippen molar-refractivity contribution in [3.8, 4) is 5.95 Å². The molecule has 8 heteroatoms. The minimum atomic E-state index is -0.275. The van der Waals surface area contributed by atoms with Crippen molar-refractivity contribution in [1.29, 1.82) is 0 Å². The van der Waals surface area contributed by atoms with Gasteiger partial charge in [-0.25, -0.2) is 4.68 Å². The predicted octanol–water partition coefficient (Wildman–Crippen LogP) is 1.06. The van der Waals surface area contributed by atoms with E-state index in [1.165, 1.54) is 0 Å². The van der Waals surface area contributed by atoms with E-state index >= 15 is 0 Å². The van der Waals surface area contributed by atoms with E-state index in [2.05, 4.69) is 37.6 Å². The van der Waals surface area contributed by atoms with E-state index in [1.807, 2.05) is 6.92 Å². The molecule has 2 aromatic heterocycles. The van der Waals surface area contributed by atoms with Gasteiger partial charge in [-0.05, 0) is 25.8 Å². The minimum Gasteiger partial charge on any atom is -0.396 e. The zero-order valence-electron chi connectivity index (χ0n) is 12.5. The lowest BCUT2D eigenvalue weighted by atomic mass is 9.95. The van der Waals surface area contributed by atoms with Crippen LogP contribution >= 0.6 is 0 Å². The maximum Gasteiger partial charge on any atom is 0.257 e. The van der Waals surface area contributed by atoms with Gasteiger partial charge >= 0.3 is 0 Å². The van der Waals surface area contributed by atoms with Gasteiger partial charge in [0.15, 0.2) is 0 Å². The second-order valence-electron chi connectivity index (χ2n) is 5.00. The molecule has 8 nitrogen and oxygen atoms in total. The Balaban J connectivity index is 2.33. The molecular formula is C13H21N7O. The largest absolute Gasteiger partial charge is 0.396 e. The highest BCUT2D eigenvalue weighted by Gasteiger charge is 2.23. The van der Waals surface area contributed by atoms with Crippen LogP contribution < -0.4 is 10.6 Å². The SMILES string of the molecule is CCC(C)(CCO)Nc1nc(NC)nc(-n2cccn2)n1. The Bertz CT molecular complexity index is 572. The van der Waals surface area contributed by atoms with Crippen LogP contribution in [0.15, 0.2) is 18.5 Å². The lowest BCUT2D eigenvalue weighted by Gasteiger charge is -2.29. The molecule has 114 valence electrons. The van der Waals surface area contributed by atoms with Crippen molar-refractivity contribution in [2.75, 3.05) is 24.3 Å². The third-order valence-corrected chi connectivity index (χ3v) is 3.41. The first-order valence-corrected chi connectivity index (χ1v) is 6.93. The molecule has 0 aromatic carbocycles. The molecule has 0 saturated heterocycles. The first-order chi connectivity index (χ1) is 10.1. The standard InChI is InChI=1S/C13H21N7O/c1-4-13(2,6-9-21)19-11-16-10(14-3)17-12(18-11)20-8-5-7-15-20/h5,7-8,21H,4,6,9H2,1-3H3,(H2,14,16,17,18,19). The van der Waals surface area contributed by atoms with E-state index in [1.54, 1.807) is 30.2 Å². The molecule has 0 radical (unpaired) electrons. The van der Waals surface area contributed by atoms with Crippen molar-refractivity contribution in [3.63, 3.8) is 0 Å². The fourth-order valence-electron chi connectivity index (χ4n) is 1.87. The number of hydrogen-bond acceptors (Lipinski definition) is 7. The van der Waals surface area contributed by atoms with E-state index in [0.717, 1.165) is 6.42 Å². The van der Waals surface area contributed by atoms with E-state index in [9.17, 15) is 5.11 Å². The summed E-state index contributed by atoms with van der Waals surface area (Å²) in [5.74, 6) is 1.35. The van der Waals surface area contributed by atoms with Gasteiger partial charge in [-0.3, -0.25) is 0 Å². The molecule has 21 heavy (non-hydrogen) atoms. The fourth-order valence-corrected chi connectivity index (χ4v) is 1.87. The summed E-state index contributed by atoms with van der Waals surface area (Å²) in [7, 11) is 1.75. The first-order valence-electron chi connectivity index (χ1n) is 6.93. The molecule has 0 bridgehead atoms. The second kappa shape index (κ2) is 6.49. The zero-order chi connectivity index (χ0) is 15.3. The van der Waals surface area contributed by atoms with Gasteiger partial charge in [-0.2, -0.15) is 20.1 Å². The Hall–Kier alpha value is -2.22. The predicted molar refractivity (Wildman–Crippen MR) is 80.5 cm³/mol. The smallest absolute Gasteiger partial charge is 0.257 e. The number of nitrogens with one attached hydrogen (secondary N) is 2. The maximum absolute atomic E-state index is 9.20. The average molecular weight is 291 g/mol. The number of aliphatic hydroxyl groups excluding tert-OH is 1. The molecule has 0 fully saturated rings. The van der Waals surface area contributed by atoms with Crippen LogP contribution in [0.2, 0.25) is 0 Å². The van der Waals surface area contributed by atoms with Gasteiger partial charge in [0.05, 0.1) is 0 Å². The summed E-state index contributed by atoms with van der Waals surface area (Å²) in [6.07, 6.45) is 4.88. The lowest BCUT2D eigenvalue weighted by molar-refractivity contribution is 0.251. The quantitative estimate of drug-likeness (QED) is 0.701. The average Bonchev–Trinajstić information content (AvgIpc) is 3.01. The van der Waals surface area contributed by atoms with Crippen LogP contribution in [-0.4, -0.2) is 49.0 Å². The summed E-state index contributed by atoms with van der Waals surface area (Å²) in [5, 5.41) is 19.5. The summed E-state index contributed by atoms with van der Waals surface area (Å²) in [5.41, 5.74) is -0.275. The molecular weight excluding hydrogens is 270 g/mol. The topological polar surface area (TPSA) is 101 Å². The van der Waals surface area contributed by atoms with Gasteiger partial charge in [0.2, 0.25) is 11.9 Å². The van der Waals surface area contributed by atoms with Crippen molar-refractivity contribution in [3.05, 3.63) is 18.5 Å². The van der Waals surface area contributed by atoms with E-state index < -0.39 is 0 Å². The number of aliphatic hydroxyl groups is 1. The van der Waals surface area contributed by atoms with Crippen LogP contribution in [0.4, 0.5) is 11.9 Å². The van der Waals surface area contributed by atoms with Crippen LogP contribution in [0.3, 0.4) is 0 Å². The molecule has 2 heterocycles. The van der Waals surface area contributed by atoms with E-state index in [4.69, 9.17) is 0 Å². The molecule has 3 N–H and O–H groups in total. The van der Waals surface area contributed by atoms with E-state index in [-0.39, 0.29) is 12.1 Å². The fraction of sp³-hybridized carbons (Fsp3) is 0.538. The Labute approximate surface area is 123 Å². The molecule has 0 saturated carbocycles. The lowest BCUT2D eigenvalue weighted by Crippen LogP contribution is -2.36. The number of nitrogens with zero attached hydrogens (tertiary/aromatic N) is 5. The van der Waals surface area contributed by atoms with Gasteiger partial charge < -0.3 is 15.7 Å². The molecule has 0 aliphatic carbocycles. The molecule has 2 rings (SSSR count). The summed E-state index contributed by atoms with van der Waals surface area (Å²) < 4.78 is 1.57. The third kappa shape index (κ3) is 3.66. The van der Waals surface area contributed by atoms with Gasteiger partial charge in [-0.15, -0.1) is 0 Å². The highest BCUT2D eigenvalue weighted by molar-refractivity contribution is 5.39. The van der Waals surface area contributed by atoms with Gasteiger partial charge in [0.1, 0.15) is 0 Å². The van der Waals surface area contributed by atoms with Crippen molar-refractivity contribution in [2.24, 2.45) is 0 Å². The molecule has 1 atom stereocenters. The first kappa shape index (κ1) is 15.2. The Morgan fingerprint density at radius 2 is 2.05 bits per heavy atom. The van der Waals surface area contributed by atoms with Crippen LogP contribution in [0.25, 0.3) is 5.95 Å². The third-order valence-electron chi connectivity index (χ3n) is 3.41. The summed E-state index contributed by atoms with van der Waals surface area (Å²) in [6.45, 7) is 4.18. The number of anilines is 2. The number of rotatable bonds is 7. The van der Waals surface area contributed by atoms with Crippen molar-refractivity contribution in [2.45, 2.75) is 32.2 Å². The Morgan fingerprint density at radius 1 is 1.29 bits per heavy atom. The molecule has 0 aliphatic heterocycles. The van der Waals surface area contributed by atoms with E-state index in [0.29, 0.717) is 24.3 Å². The van der Waals surface area contributed by atoms with Crippen LogP contribution in [0, 0.1) is 0 Å². The highest BCUT2D eigenvalue weighted by Crippen LogP contribution is 2.20. The van der Waals surface area contributed by atoms with Crippen molar-refractivity contribution < 1.29 is 5.11 Å². The molecule has 2 aromatic rings. The van der Waals surface area contributed by atoms with Gasteiger partial charge in [-0.1, -0.05) is 6.92 Å². The Kier molecular flexibility index (Phi) is 4.69. The molecule has 0 amide bonds. The summed E-state index contributed by atoms with van der Waals surface area (Å²) >= 11 is 0. The van der Waals surface area contributed by atoms with Crippen molar-refractivity contribution >= 4 is 11.9 Å². The van der Waals surface area contributed by atoms with Gasteiger partial charge in [0, 0.05) is 31.6 Å². The van der Waals surface area contributed by atoms with Crippen LogP contribution in [0.5, 0.6) is 0 Å². The van der Waals surface area contributed by atoms with Crippen molar-refractivity contribution in [1.82, 2.24) is 24.7 Å². The van der Waals surface area contributed by atoms with Gasteiger partial charge in [0.25, 0.3) is 5.95 Å². The van der Waals surface area contributed by atoms with Crippen LogP contribution in [0.1, 0.15) is 26.7 Å².